The smallest absolute Gasteiger partial charge is 0.309 e. The summed E-state index contributed by atoms with van der Waals surface area (Å²) in [6.07, 6.45) is 22.4. The summed E-state index contributed by atoms with van der Waals surface area (Å²) in [5.41, 5.74) is 0. The monoisotopic (exact) mass is 615 g/mol. The summed E-state index contributed by atoms with van der Waals surface area (Å²) in [6, 6.07) is 0. The third-order valence-corrected chi connectivity index (χ3v) is 8.86. The van der Waals surface area contributed by atoms with Crippen molar-refractivity contribution in [3.63, 3.8) is 0 Å². The minimum Gasteiger partial charge on any atom is -0.428 e. The normalized spacial score (nSPS) is 13.7. The van der Waals surface area contributed by atoms with Crippen LogP contribution in [0.2, 0.25) is 0 Å². The second kappa shape index (κ2) is 30.9. The molecule has 258 valence electrons. The maximum absolute atomic E-state index is 10.4. The average Bonchev–Trinajstić information content (AvgIpc) is 3.22. The van der Waals surface area contributed by atoms with E-state index in [1.54, 1.807) is 0 Å². The highest BCUT2D eigenvalue weighted by Crippen LogP contribution is 2.17. The molecule has 0 atom stereocenters. The number of hydrogen-bond acceptors (Lipinski definition) is 4. The van der Waals surface area contributed by atoms with Crippen LogP contribution >= 0.6 is 0 Å². The highest BCUT2D eigenvalue weighted by molar-refractivity contribution is 5.78. The molecule has 1 heterocycles. The quantitative estimate of drug-likeness (QED) is 0.0802. The van der Waals surface area contributed by atoms with Crippen LogP contribution in [0.3, 0.4) is 0 Å². The maximum atomic E-state index is 10.4. The van der Waals surface area contributed by atoms with Crippen molar-refractivity contribution >= 4 is 11.9 Å². The first-order chi connectivity index (χ1) is 20.8. The lowest BCUT2D eigenvalue weighted by atomic mass is 10.1. The number of carbonyl (C=O) groups excluding carboxylic acids is 2. The molecular weight excluding hydrogens is 536 g/mol. The fourth-order valence-corrected chi connectivity index (χ4v) is 5.80. The van der Waals surface area contributed by atoms with Crippen molar-refractivity contribution < 1.29 is 28.0 Å². The molecule has 0 aromatic heterocycles. The van der Waals surface area contributed by atoms with Crippen LogP contribution in [0.15, 0.2) is 0 Å². The zero-order valence-corrected chi connectivity index (χ0v) is 30.6. The Morgan fingerprint density at radius 2 is 0.581 bits per heavy atom. The van der Waals surface area contributed by atoms with Gasteiger partial charge in [-0.25, -0.2) is 0 Å². The molecule has 43 heavy (non-hydrogen) atoms. The van der Waals surface area contributed by atoms with Crippen LogP contribution in [0.1, 0.15) is 171 Å². The number of nitrogens with zero attached hydrogens (tertiary/aromatic N) is 2. The number of esters is 2. The Labute approximate surface area is 269 Å². The summed E-state index contributed by atoms with van der Waals surface area (Å²) in [7, 11) is 0. The van der Waals surface area contributed by atoms with E-state index in [9.17, 15) is 9.59 Å². The summed E-state index contributed by atoms with van der Waals surface area (Å²) in [4.78, 5) is 20.7. The van der Waals surface area contributed by atoms with Crippen molar-refractivity contribution in [1.29, 1.82) is 0 Å². The van der Waals surface area contributed by atoms with Gasteiger partial charge in [-0.2, -0.15) is 0 Å². The summed E-state index contributed by atoms with van der Waals surface area (Å²) >= 11 is 0. The van der Waals surface area contributed by atoms with Crippen LogP contribution in [0, 0.1) is 0 Å². The largest absolute Gasteiger partial charge is 0.428 e. The number of hydrogen-bond donors (Lipinski definition) is 0. The van der Waals surface area contributed by atoms with E-state index >= 15 is 0 Å². The zero-order valence-electron chi connectivity index (χ0n) is 30.6. The summed E-state index contributed by atoms with van der Waals surface area (Å²) in [5, 5.41) is 0. The fraction of sp³-hybridized carbons (Fsp3) is 0.946. The van der Waals surface area contributed by atoms with Gasteiger partial charge in [-0.15, -0.1) is 0 Å². The fourth-order valence-electron chi connectivity index (χ4n) is 5.80. The summed E-state index contributed by atoms with van der Waals surface area (Å²) in [5.74, 6) is -0.748. The summed E-state index contributed by atoms with van der Waals surface area (Å²) < 4.78 is 11.6. The van der Waals surface area contributed by atoms with Gasteiger partial charge in [0.15, 0.2) is 0 Å². The molecule has 1 aliphatic heterocycles. The van der Waals surface area contributed by atoms with E-state index in [0.29, 0.717) is 0 Å². The molecule has 0 spiro atoms. The van der Waals surface area contributed by atoms with Gasteiger partial charge in [0.1, 0.15) is 0 Å². The number of rotatable bonds is 24. The van der Waals surface area contributed by atoms with Gasteiger partial charge in [0.25, 0.3) is 0 Å². The van der Waals surface area contributed by atoms with E-state index in [1.165, 1.54) is 164 Å². The van der Waals surface area contributed by atoms with Crippen LogP contribution in [0.4, 0.5) is 0 Å². The molecule has 1 rings (SSSR count). The first kappa shape index (κ1) is 44.0. The molecule has 0 aromatic rings. The number of ether oxygens (including phenoxy) is 2. The Morgan fingerprint density at radius 3 is 0.744 bits per heavy atom. The SMILES string of the molecule is CCCC[N+](CCCC)(CCCC)CCCC.CCCC[N+](CCCC)(CCCC)CCCC.O=C1CCC(=O)OCO1. The molecule has 0 aliphatic carbocycles. The van der Waals surface area contributed by atoms with Gasteiger partial charge in [0.05, 0.1) is 65.2 Å². The van der Waals surface area contributed by atoms with Crippen LogP contribution in [0.25, 0.3) is 0 Å². The van der Waals surface area contributed by atoms with Crippen molar-refractivity contribution in [2.75, 3.05) is 59.2 Å². The second-order valence-corrected chi connectivity index (χ2v) is 13.0. The molecule has 0 aromatic carbocycles. The van der Waals surface area contributed by atoms with Crippen LogP contribution in [-0.2, 0) is 19.1 Å². The van der Waals surface area contributed by atoms with Crippen LogP contribution in [0.5, 0.6) is 0 Å². The van der Waals surface area contributed by atoms with Gasteiger partial charge in [0, 0.05) is 0 Å². The molecule has 1 saturated heterocycles. The topological polar surface area (TPSA) is 52.6 Å². The van der Waals surface area contributed by atoms with Gasteiger partial charge in [0.2, 0.25) is 6.79 Å². The Hall–Kier alpha value is -1.14. The molecule has 1 fully saturated rings. The molecule has 0 bridgehead atoms. The molecule has 0 amide bonds. The minimum absolute atomic E-state index is 0.138. The lowest BCUT2D eigenvalue weighted by molar-refractivity contribution is -0.929. The van der Waals surface area contributed by atoms with Crippen LogP contribution < -0.4 is 0 Å². The molecular formula is C37H78N2O4+2. The number of quaternary nitrogens is 2. The highest BCUT2D eigenvalue weighted by atomic mass is 16.7. The van der Waals surface area contributed by atoms with Gasteiger partial charge in [-0.3, -0.25) is 9.59 Å². The van der Waals surface area contributed by atoms with Gasteiger partial charge >= 0.3 is 11.9 Å². The van der Waals surface area contributed by atoms with E-state index in [1.807, 2.05) is 0 Å². The Balaban J connectivity index is 0. The molecule has 6 nitrogen and oxygen atoms in total. The van der Waals surface area contributed by atoms with E-state index in [0.717, 1.165) is 0 Å². The lowest BCUT2D eigenvalue weighted by Crippen LogP contribution is -2.50. The Bertz CT molecular complexity index is 499. The number of carbonyl (C=O) groups is 2. The molecule has 0 unspecified atom stereocenters. The van der Waals surface area contributed by atoms with E-state index in [-0.39, 0.29) is 31.6 Å². The number of cyclic esters (lactones) is 2. The Kier molecular flexibility index (Phi) is 31.6. The third kappa shape index (κ3) is 24.8. The van der Waals surface area contributed by atoms with Crippen molar-refractivity contribution in [3.05, 3.63) is 0 Å². The second-order valence-electron chi connectivity index (χ2n) is 13.0. The third-order valence-electron chi connectivity index (χ3n) is 8.86. The average molecular weight is 615 g/mol. The van der Waals surface area contributed by atoms with Crippen molar-refractivity contribution in [3.8, 4) is 0 Å². The predicted octanol–water partition coefficient (Wildman–Crippen LogP) is 9.83. The van der Waals surface area contributed by atoms with Crippen LogP contribution in [-0.4, -0.2) is 80.1 Å². The molecule has 0 saturated carbocycles. The van der Waals surface area contributed by atoms with Gasteiger partial charge in [-0.05, 0) is 51.4 Å². The van der Waals surface area contributed by atoms with Gasteiger partial charge < -0.3 is 18.4 Å². The van der Waals surface area contributed by atoms with E-state index < -0.39 is 0 Å². The minimum atomic E-state index is -0.374. The van der Waals surface area contributed by atoms with Crippen molar-refractivity contribution in [2.45, 2.75) is 171 Å². The molecule has 1 aliphatic rings. The van der Waals surface area contributed by atoms with E-state index in [2.05, 4.69) is 64.9 Å². The Morgan fingerprint density at radius 1 is 0.395 bits per heavy atom. The van der Waals surface area contributed by atoms with Crippen molar-refractivity contribution in [2.24, 2.45) is 0 Å². The lowest BCUT2D eigenvalue weighted by Gasteiger charge is -2.39. The molecule has 6 heteroatoms. The highest BCUT2D eigenvalue weighted by Gasteiger charge is 2.25. The molecule has 0 N–H and O–H groups in total. The zero-order chi connectivity index (χ0) is 32.7. The standard InChI is InChI=1S/2C16H36N.C5H6O4/c2*1-5-9-13-17(14-10-6-2,15-11-7-3)16-12-8-4;6-4-1-2-5(7)9-3-8-4/h2*5-16H2,1-4H3;1-3H2/q2*+1;. The van der Waals surface area contributed by atoms with Gasteiger partial charge in [-0.1, -0.05) is 107 Å². The van der Waals surface area contributed by atoms with E-state index in [4.69, 9.17) is 0 Å². The first-order valence-corrected chi connectivity index (χ1v) is 18.8. The number of unbranched alkanes of at least 4 members (excludes halogenated alkanes) is 8. The summed E-state index contributed by atoms with van der Waals surface area (Å²) in [6.45, 7) is 29.8. The maximum Gasteiger partial charge on any atom is 0.309 e. The first-order valence-electron chi connectivity index (χ1n) is 18.8. The predicted molar refractivity (Wildman–Crippen MR) is 185 cm³/mol. The van der Waals surface area contributed by atoms with Crippen molar-refractivity contribution in [1.82, 2.24) is 0 Å². The molecule has 0 radical (unpaired) electrons.